The van der Waals surface area contributed by atoms with Crippen molar-refractivity contribution in [3.8, 4) is 0 Å². The largest absolute Gasteiger partial charge is 0.468 e. The second kappa shape index (κ2) is 10.0. The quantitative estimate of drug-likeness (QED) is 0.590. The number of methoxy groups -OCH3 is 1. The van der Waals surface area contributed by atoms with Gasteiger partial charge < -0.3 is 15.4 Å². The van der Waals surface area contributed by atoms with Crippen LogP contribution >= 0.6 is 11.6 Å². The number of ether oxygens (including phenoxy) is 1. The highest BCUT2D eigenvalue weighted by Gasteiger charge is 2.34. The lowest BCUT2D eigenvalue weighted by Gasteiger charge is -2.31. The average molecular weight is 446 g/mol. The molecule has 0 aromatic heterocycles. The third-order valence-corrected chi connectivity index (χ3v) is 6.72. The number of nitrogens with zero attached hydrogens (tertiary/aromatic N) is 1. The summed E-state index contributed by atoms with van der Waals surface area (Å²) in [6, 6.07) is 4.97. The molecular formula is C18H24ClN3O6S. The first-order chi connectivity index (χ1) is 13.6. The summed E-state index contributed by atoms with van der Waals surface area (Å²) in [6.45, 7) is 1.51. The summed E-state index contributed by atoms with van der Waals surface area (Å²) in [7, 11) is -2.55. The van der Waals surface area contributed by atoms with Crippen LogP contribution < -0.4 is 10.6 Å². The maximum atomic E-state index is 12.8. The standard InChI is InChI=1S/C18H24ClN3O6S/c1-12(17(24)20-10-16(23)28-2)21-18(25)13-4-3-9-22(11-13)29(26,27)15-7-5-14(19)6-8-15/h5-8,12-13H,3-4,9-11H2,1-2H3,(H,20,24)(H,21,25)/t12-,13?/m1/s1. The van der Waals surface area contributed by atoms with Gasteiger partial charge in [0.1, 0.15) is 12.6 Å². The molecule has 0 radical (unpaired) electrons. The monoisotopic (exact) mass is 445 g/mol. The first kappa shape index (κ1) is 23.1. The summed E-state index contributed by atoms with van der Waals surface area (Å²) in [5.74, 6) is -2.14. The van der Waals surface area contributed by atoms with E-state index in [9.17, 15) is 22.8 Å². The molecule has 0 aliphatic carbocycles. The number of piperidine rings is 1. The number of amides is 2. The fourth-order valence-corrected chi connectivity index (χ4v) is 4.56. The van der Waals surface area contributed by atoms with Crippen molar-refractivity contribution in [2.45, 2.75) is 30.7 Å². The van der Waals surface area contributed by atoms with E-state index in [1.807, 2.05) is 0 Å². The minimum atomic E-state index is -3.75. The number of hydrogen-bond acceptors (Lipinski definition) is 6. The first-order valence-electron chi connectivity index (χ1n) is 9.05. The fraction of sp³-hybridized carbons (Fsp3) is 0.500. The fourth-order valence-electron chi connectivity index (χ4n) is 2.91. The van der Waals surface area contributed by atoms with Crippen molar-refractivity contribution in [3.05, 3.63) is 29.3 Å². The van der Waals surface area contributed by atoms with Gasteiger partial charge in [0.15, 0.2) is 0 Å². The Bertz CT molecular complexity index is 859. The molecule has 1 saturated heterocycles. The highest BCUT2D eigenvalue weighted by molar-refractivity contribution is 7.89. The van der Waals surface area contributed by atoms with E-state index >= 15 is 0 Å². The van der Waals surface area contributed by atoms with Gasteiger partial charge in [0, 0.05) is 18.1 Å². The first-order valence-corrected chi connectivity index (χ1v) is 10.9. The molecule has 9 nitrogen and oxygen atoms in total. The zero-order chi connectivity index (χ0) is 21.6. The minimum Gasteiger partial charge on any atom is -0.468 e. The lowest BCUT2D eigenvalue weighted by atomic mass is 9.98. The molecule has 1 aliphatic rings. The maximum absolute atomic E-state index is 12.8. The number of carbonyl (C=O) groups is 3. The molecule has 1 fully saturated rings. The Balaban J connectivity index is 1.97. The molecule has 11 heteroatoms. The summed E-state index contributed by atoms with van der Waals surface area (Å²) < 4.78 is 31.3. The Morgan fingerprint density at radius 1 is 1.28 bits per heavy atom. The van der Waals surface area contributed by atoms with Crippen LogP contribution in [0.2, 0.25) is 5.02 Å². The van der Waals surface area contributed by atoms with Crippen LogP contribution in [0.25, 0.3) is 0 Å². The maximum Gasteiger partial charge on any atom is 0.325 e. The summed E-state index contributed by atoms with van der Waals surface area (Å²) in [6.07, 6.45) is 1.03. The highest BCUT2D eigenvalue weighted by atomic mass is 35.5. The zero-order valence-electron chi connectivity index (χ0n) is 16.2. The van der Waals surface area contributed by atoms with Gasteiger partial charge in [-0.1, -0.05) is 11.6 Å². The number of sulfonamides is 1. The summed E-state index contributed by atoms with van der Waals surface area (Å²) in [5.41, 5.74) is 0. The molecule has 2 rings (SSSR count). The van der Waals surface area contributed by atoms with Gasteiger partial charge in [0.25, 0.3) is 0 Å². The number of rotatable bonds is 7. The van der Waals surface area contributed by atoms with Crippen LogP contribution in [0.15, 0.2) is 29.2 Å². The van der Waals surface area contributed by atoms with Gasteiger partial charge in [0.2, 0.25) is 21.8 Å². The number of nitrogens with one attached hydrogen (secondary N) is 2. The van der Waals surface area contributed by atoms with Crippen molar-refractivity contribution in [1.29, 1.82) is 0 Å². The van der Waals surface area contributed by atoms with E-state index in [2.05, 4.69) is 15.4 Å². The van der Waals surface area contributed by atoms with E-state index in [4.69, 9.17) is 11.6 Å². The Kier molecular flexibility index (Phi) is 8.00. The van der Waals surface area contributed by atoms with Gasteiger partial charge in [-0.2, -0.15) is 4.31 Å². The Morgan fingerprint density at radius 3 is 2.55 bits per heavy atom. The molecule has 160 valence electrons. The van der Waals surface area contributed by atoms with Crippen LogP contribution in [0, 0.1) is 5.92 Å². The minimum absolute atomic E-state index is 0.0211. The molecule has 1 unspecified atom stereocenters. The third kappa shape index (κ3) is 6.15. The van der Waals surface area contributed by atoms with Crippen LogP contribution in [0.1, 0.15) is 19.8 Å². The number of carbonyl (C=O) groups excluding carboxylic acids is 3. The van der Waals surface area contributed by atoms with Crippen molar-refractivity contribution >= 4 is 39.4 Å². The predicted molar refractivity (Wildman–Crippen MR) is 106 cm³/mol. The number of hydrogen-bond donors (Lipinski definition) is 2. The van der Waals surface area contributed by atoms with Crippen LogP contribution in [0.5, 0.6) is 0 Å². The number of esters is 1. The molecule has 0 spiro atoms. The summed E-state index contributed by atoms with van der Waals surface area (Å²) in [5, 5.41) is 5.35. The van der Waals surface area contributed by atoms with E-state index in [-0.39, 0.29) is 18.0 Å². The van der Waals surface area contributed by atoms with Gasteiger partial charge in [0.05, 0.1) is 17.9 Å². The normalized spacial score (nSPS) is 18.5. The second-order valence-electron chi connectivity index (χ2n) is 6.68. The van der Waals surface area contributed by atoms with Gasteiger partial charge in [-0.05, 0) is 44.0 Å². The Labute approximate surface area is 174 Å². The van der Waals surface area contributed by atoms with E-state index in [1.54, 1.807) is 0 Å². The molecule has 29 heavy (non-hydrogen) atoms. The third-order valence-electron chi connectivity index (χ3n) is 4.59. The molecule has 1 aliphatic heterocycles. The van der Waals surface area contributed by atoms with E-state index in [0.717, 1.165) is 0 Å². The molecule has 1 aromatic rings. The van der Waals surface area contributed by atoms with Gasteiger partial charge >= 0.3 is 5.97 Å². The van der Waals surface area contributed by atoms with Crippen LogP contribution in [-0.2, 0) is 29.1 Å². The molecule has 0 bridgehead atoms. The van der Waals surface area contributed by atoms with Crippen molar-refractivity contribution in [1.82, 2.24) is 14.9 Å². The van der Waals surface area contributed by atoms with Crippen molar-refractivity contribution in [2.24, 2.45) is 5.92 Å². The molecule has 0 saturated carbocycles. The van der Waals surface area contributed by atoms with Crippen molar-refractivity contribution in [3.63, 3.8) is 0 Å². The lowest BCUT2D eigenvalue weighted by molar-refractivity contribution is -0.141. The van der Waals surface area contributed by atoms with Crippen LogP contribution in [-0.4, -0.2) is 63.3 Å². The zero-order valence-corrected chi connectivity index (χ0v) is 17.8. The lowest BCUT2D eigenvalue weighted by Crippen LogP contribution is -2.51. The second-order valence-corrected chi connectivity index (χ2v) is 9.05. The Morgan fingerprint density at radius 2 is 1.93 bits per heavy atom. The number of benzene rings is 1. The van der Waals surface area contributed by atoms with Gasteiger partial charge in [-0.3, -0.25) is 14.4 Å². The Hall–Kier alpha value is -2.17. The van der Waals surface area contributed by atoms with Crippen molar-refractivity contribution < 1.29 is 27.5 Å². The SMILES string of the molecule is COC(=O)CNC(=O)[C@@H](C)NC(=O)C1CCCN(S(=O)(=O)c2ccc(Cl)cc2)C1. The highest BCUT2D eigenvalue weighted by Crippen LogP contribution is 2.25. The molecule has 1 aromatic carbocycles. The summed E-state index contributed by atoms with van der Waals surface area (Å²) >= 11 is 5.81. The predicted octanol–water partition coefficient (Wildman–Crippen LogP) is 0.535. The van der Waals surface area contributed by atoms with E-state index < -0.39 is 39.8 Å². The van der Waals surface area contributed by atoms with E-state index in [1.165, 1.54) is 42.6 Å². The molecule has 2 atom stereocenters. The van der Waals surface area contributed by atoms with Crippen LogP contribution in [0.3, 0.4) is 0 Å². The van der Waals surface area contributed by atoms with E-state index in [0.29, 0.717) is 24.4 Å². The van der Waals surface area contributed by atoms with Gasteiger partial charge in [-0.25, -0.2) is 8.42 Å². The average Bonchev–Trinajstić information content (AvgIpc) is 2.71. The smallest absolute Gasteiger partial charge is 0.325 e. The molecular weight excluding hydrogens is 422 g/mol. The molecule has 2 amide bonds. The topological polar surface area (TPSA) is 122 Å². The number of halogens is 1. The van der Waals surface area contributed by atoms with Crippen molar-refractivity contribution in [2.75, 3.05) is 26.7 Å². The van der Waals surface area contributed by atoms with Crippen LogP contribution in [0.4, 0.5) is 0 Å². The molecule has 2 N–H and O–H groups in total. The summed E-state index contributed by atoms with van der Waals surface area (Å²) in [4.78, 5) is 35.7. The van der Waals surface area contributed by atoms with Gasteiger partial charge in [-0.15, -0.1) is 0 Å². The molecule has 1 heterocycles.